The summed E-state index contributed by atoms with van der Waals surface area (Å²) >= 11 is 0. The van der Waals surface area contributed by atoms with Crippen molar-refractivity contribution in [1.82, 2.24) is 0 Å². The van der Waals surface area contributed by atoms with E-state index >= 15 is 0 Å². The Kier molecular flexibility index (Phi) is 1700. The van der Waals surface area contributed by atoms with Crippen LogP contribution in [0.2, 0.25) is 0 Å². The van der Waals surface area contributed by atoms with E-state index in [4.69, 9.17) is 0 Å². The fraction of sp³-hybridized carbons (Fsp3) is 0. The van der Waals surface area contributed by atoms with E-state index in [-0.39, 0.29) is 108 Å². The van der Waals surface area contributed by atoms with Crippen LogP contribution in [-0.2, 0) is 21.7 Å². The van der Waals surface area contributed by atoms with Gasteiger partial charge < -0.3 is 16.4 Å². The molecule has 0 spiro atoms. The molecule has 0 amide bonds. The van der Waals surface area contributed by atoms with Gasteiger partial charge in [-0.2, -0.15) is 0 Å². The van der Waals surface area contributed by atoms with Crippen LogP contribution in [0.5, 0.6) is 0 Å². The normalized spacial score (nSPS) is 0. The summed E-state index contributed by atoms with van der Waals surface area (Å²) in [4.78, 5) is 0. The molecule has 6 N–H and O–H groups in total. The molecule has 0 aromatic rings. The average Bonchev–Trinajstić information content (AvgIpc) is 0. The first-order valence-corrected chi connectivity index (χ1v) is 0. The van der Waals surface area contributed by atoms with E-state index in [1.807, 2.05) is 0 Å². The molecule has 0 fully saturated rings. The molecule has 0 aromatic carbocycles. The van der Waals surface area contributed by atoms with Crippen LogP contribution in [0.15, 0.2) is 0 Å². The molecule has 0 aliphatic carbocycles. The SMILES string of the molecule is O.O.O.[AlH3].[AlH3].[Al].[Al].[Ti]. The summed E-state index contributed by atoms with van der Waals surface area (Å²) in [6, 6.07) is 0. The van der Waals surface area contributed by atoms with E-state index in [9.17, 15) is 0 Å². The van der Waals surface area contributed by atoms with Gasteiger partial charge in [-0.05, 0) is 0 Å². The number of hydrogen-bond acceptors (Lipinski definition) is 0. The summed E-state index contributed by atoms with van der Waals surface area (Å²) in [5, 5.41) is 0. The average molecular weight is 216 g/mol. The Morgan fingerprint density at radius 1 is 0.500 bits per heavy atom. The van der Waals surface area contributed by atoms with E-state index in [1.54, 1.807) is 0 Å². The van der Waals surface area contributed by atoms with Crippen LogP contribution in [0.1, 0.15) is 0 Å². The van der Waals surface area contributed by atoms with Gasteiger partial charge in [0, 0.05) is 56.4 Å². The molecule has 0 saturated heterocycles. The van der Waals surface area contributed by atoms with Gasteiger partial charge in [-0.15, -0.1) is 0 Å². The predicted octanol–water partition coefficient (Wildman–Crippen LogP) is -5.61. The standard InChI is InChI=1S/4Al.3H2O.Ti.6H/h;;;;3*1H2;;;;;;;. The topological polar surface area (TPSA) is 94.5 Å². The molecule has 0 unspecified atom stereocenters. The summed E-state index contributed by atoms with van der Waals surface area (Å²) in [7, 11) is 0. The summed E-state index contributed by atoms with van der Waals surface area (Å²) in [5.41, 5.74) is 0. The molecule has 0 aliphatic rings. The minimum atomic E-state index is 0. The molecule has 0 aliphatic heterocycles. The van der Waals surface area contributed by atoms with Gasteiger partial charge in [-0.25, -0.2) is 0 Å². The minimum absolute atomic E-state index is 0. The zero-order valence-corrected chi connectivity index (χ0v) is 7.03. The van der Waals surface area contributed by atoms with E-state index < -0.39 is 0 Å². The third kappa shape index (κ3) is 70.1. The van der Waals surface area contributed by atoms with E-state index in [2.05, 4.69) is 0 Å². The first-order chi connectivity index (χ1) is 0. The van der Waals surface area contributed by atoms with Gasteiger partial charge >= 0.3 is 0 Å². The molecule has 8 heteroatoms. The van der Waals surface area contributed by atoms with Crippen molar-refractivity contribution in [2.24, 2.45) is 0 Å². The molecule has 0 bridgehead atoms. The maximum atomic E-state index is 0. The monoisotopic (exact) mass is 216 g/mol. The van der Waals surface area contributed by atoms with Crippen LogP contribution in [-0.4, -0.2) is 85.9 Å². The summed E-state index contributed by atoms with van der Waals surface area (Å²) < 4.78 is 0. The molecule has 6 radical (unpaired) electrons. The van der Waals surface area contributed by atoms with Crippen molar-refractivity contribution in [3.05, 3.63) is 0 Å². The van der Waals surface area contributed by atoms with Gasteiger partial charge in [0.15, 0.2) is 34.7 Å². The fourth-order valence-corrected chi connectivity index (χ4v) is 0. The zero-order chi connectivity index (χ0) is 0. The van der Waals surface area contributed by atoms with Crippen molar-refractivity contribution >= 4 is 69.4 Å². The van der Waals surface area contributed by atoms with Crippen molar-refractivity contribution in [3.63, 3.8) is 0 Å². The molecule has 0 heterocycles. The molecular formula is H12Al4O3Ti. The third-order valence-corrected chi connectivity index (χ3v) is 0. The second-order valence-electron chi connectivity index (χ2n) is 0. The number of rotatable bonds is 0. The second kappa shape index (κ2) is 99.7. The second-order valence-corrected chi connectivity index (χ2v) is 0. The Morgan fingerprint density at radius 3 is 0.500 bits per heavy atom. The van der Waals surface area contributed by atoms with Gasteiger partial charge in [-0.1, -0.05) is 0 Å². The molecule has 0 aromatic heterocycles. The van der Waals surface area contributed by atoms with Crippen LogP contribution >= 0.6 is 0 Å². The predicted molar refractivity (Wildman–Crippen MR) is 42.2 cm³/mol. The Labute approximate surface area is 106 Å². The minimum Gasteiger partial charge on any atom is -0.412 e. The van der Waals surface area contributed by atoms with E-state index in [0.717, 1.165) is 0 Å². The van der Waals surface area contributed by atoms with Gasteiger partial charge in [0.25, 0.3) is 0 Å². The van der Waals surface area contributed by atoms with Crippen LogP contribution in [0, 0.1) is 0 Å². The number of hydrogen-bond donors (Lipinski definition) is 0. The largest absolute Gasteiger partial charge is 0.412 e. The maximum Gasteiger partial charge on any atom is 0.187 e. The van der Waals surface area contributed by atoms with Crippen LogP contribution in [0.25, 0.3) is 0 Å². The van der Waals surface area contributed by atoms with Crippen molar-refractivity contribution in [3.8, 4) is 0 Å². The Morgan fingerprint density at radius 2 is 0.500 bits per heavy atom. The zero-order valence-electron chi connectivity index (χ0n) is 3.15. The Bertz CT molecular complexity index is 11.2. The Balaban J connectivity index is 0. The van der Waals surface area contributed by atoms with E-state index in [0.29, 0.717) is 0 Å². The van der Waals surface area contributed by atoms with Crippen LogP contribution in [0.3, 0.4) is 0 Å². The first-order valence-electron chi connectivity index (χ1n) is 0. The summed E-state index contributed by atoms with van der Waals surface area (Å²) in [5.74, 6) is 0. The quantitative estimate of drug-likeness (QED) is 0.361. The molecule has 0 rings (SSSR count). The van der Waals surface area contributed by atoms with Crippen molar-refractivity contribution in [1.29, 1.82) is 0 Å². The van der Waals surface area contributed by atoms with Gasteiger partial charge in [0.1, 0.15) is 0 Å². The third-order valence-electron chi connectivity index (χ3n) is 0. The van der Waals surface area contributed by atoms with Gasteiger partial charge in [0.05, 0.1) is 0 Å². The molecule has 46 valence electrons. The smallest absolute Gasteiger partial charge is 0.187 e. The molecule has 3 nitrogen and oxygen atoms in total. The van der Waals surface area contributed by atoms with Crippen molar-refractivity contribution < 1.29 is 38.1 Å². The maximum absolute atomic E-state index is 0. The molecule has 0 saturated carbocycles. The first kappa shape index (κ1) is 137. The van der Waals surface area contributed by atoms with Crippen molar-refractivity contribution in [2.75, 3.05) is 0 Å². The molecular weight excluding hydrogens is 204 g/mol. The fourth-order valence-electron chi connectivity index (χ4n) is 0. The summed E-state index contributed by atoms with van der Waals surface area (Å²) in [6.07, 6.45) is 0. The summed E-state index contributed by atoms with van der Waals surface area (Å²) in [6.45, 7) is 0. The van der Waals surface area contributed by atoms with Crippen LogP contribution in [0.4, 0.5) is 0 Å². The Hall–Kier alpha value is 2.72. The molecule has 8 heavy (non-hydrogen) atoms. The molecule has 0 atom stereocenters. The van der Waals surface area contributed by atoms with Gasteiger partial charge in [-0.3, -0.25) is 0 Å². The van der Waals surface area contributed by atoms with E-state index in [1.165, 1.54) is 0 Å². The van der Waals surface area contributed by atoms with Gasteiger partial charge in [0.2, 0.25) is 0 Å². The van der Waals surface area contributed by atoms with Crippen LogP contribution < -0.4 is 0 Å². The van der Waals surface area contributed by atoms with Crippen molar-refractivity contribution in [2.45, 2.75) is 0 Å².